The van der Waals surface area contributed by atoms with Crippen LogP contribution in [0.4, 0.5) is 0 Å². The Hall–Kier alpha value is -2.33. The Morgan fingerprint density at radius 1 is 0.917 bits per heavy atom. The number of ether oxygens (including phenoxy) is 1. The fourth-order valence-electron chi connectivity index (χ4n) is 2.47. The van der Waals surface area contributed by atoms with E-state index in [0.717, 1.165) is 30.7 Å². The number of carbonyl (C=O) groups excluding carboxylic acids is 1. The lowest BCUT2D eigenvalue weighted by molar-refractivity contribution is -0.120. The summed E-state index contributed by atoms with van der Waals surface area (Å²) in [7, 11) is 1.66. The van der Waals surface area contributed by atoms with Gasteiger partial charge in [-0.15, -0.1) is 0 Å². The van der Waals surface area contributed by atoms with Gasteiger partial charge in [-0.05, 0) is 42.6 Å². The molecule has 0 atom stereocenters. The number of nitrogens with one attached hydrogen (secondary N) is 2. The highest BCUT2D eigenvalue weighted by Gasteiger charge is 2.01. The number of methoxy groups -OCH3 is 1. The first-order valence-corrected chi connectivity index (χ1v) is 8.42. The molecule has 2 aromatic carbocycles. The zero-order chi connectivity index (χ0) is 17.0. The first kappa shape index (κ1) is 18.0. The summed E-state index contributed by atoms with van der Waals surface area (Å²) in [5.74, 6) is 0.937. The highest BCUT2D eigenvalue weighted by molar-refractivity contribution is 5.76. The summed E-state index contributed by atoms with van der Waals surface area (Å²) in [5, 5.41) is 6.27. The van der Waals surface area contributed by atoms with Gasteiger partial charge in [0.2, 0.25) is 5.91 Å². The molecule has 0 unspecified atom stereocenters. The van der Waals surface area contributed by atoms with E-state index < -0.39 is 0 Å². The van der Waals surface area contributed by atoms with Gasteiger partial charge in [0.1, 0.15) is 5.75 Å². The van der Waals surface area contributed by atoms with Crippen LogP contribution in [0.1, 0.15) is 17.5 Å². The van der Waals surface area contributed by atoms with E-state index in [2.05, 4.69) is 22.8 Å². The summed E-state index contributed by atoms with van der Waals surface area (Å²) >= 11 is 0. The predicted octanol–water partition coefficient (Wildman–Crippen LogP) is 2.58. The summed E-state index contributed by atoms with van der Waals surface area (Å²) in [6.07, 6.45) is 2.30. The standard InChI is InChI=1S/C20H26N2O2/c1-24-19-9-5-8-18(16-19)11-15-22-20(23)12-14-21-13-10-17-6-3-2-4-7-17/h2-9,16,21H,10-15H2,1H3,(H,22,23). The molecule has 2 rings (SSSR count). The average Bonchev–Trinajstić information content (AvgIpc) is 2.62. The first-order chi connectivity index (χ1) is 11.8. The molecule has 4 nitrogen and oxygen atoms in total. The number of benzene rings is 2. The molecule has 0 aliphatic rings. The monoisotopic (exact) mass is 326 g/mol. The lowest BCUT2D eigenvalue weighted by Gasteiger charge is -2.08. The minimum Gasteiger partial charge on any atom is -0.497 e. The van der Waals surface area contributed by atoms with Crippen molar-refractivity contribution in [2.75, 3.05) is 26.7 Å². The minimum absolute atomic E-state index is 0.0881. The van der Waals surface area contributed by atoms with Gasteiger partial charge in [0, 0.05) is 19.5 Å². The van der Waals surface area contributed by atoms with E-state index in [9.17, 15) is 4.79 Å². The maximum Gasteiger partial charge on any atom is 0.221 e. The van der Waals surface area contributed by atoms with Crippen molar-refractivity contribution in [2.24, 2.45) is 0 Å². The summed E-state index contributed by atoms with van der Waals surface area (Å²) < 4.78 is 5.19. The summed E-state index contributed by atoms with van der Waals surface area (Å²) in [4.78, 5) is 11.8. The molecule has 0 radical (unpaired) electrons. The molecule has 4 heteroatoms. The van der Waals surface area contributed by atoms with Gasteiger partial charge < -0.3 is 15.4 Å². The molecule has 24 heavy (non-hydrogen) atoms. The molecule has 0 heterocycles. The van der Waals surface area contributed by atoms with Crippen LogP contribution in [0.5, 0.6) is 5.75 Å². The Kier molecular flexibility index (Phi) is 7.84. The van der Waals surface area contributed by atoms with Gasteiger partial charge in [-0.2, -0.15) is 0 Å². The van der Waals surface area contributed by atoms with Crippen LogP contribution in [0.25, 0.3) is 0 Å². The van der Waals surface area contributed by atoms with Crippen molar-refractivity contribution in [2.45, 2.75) is 19.3 Å². The zero-order valence-electron chi connectivity index (χ0n) is 14.3. The highest BCUT2D eigenvalue weighted by atomic mass is 16.5. The van der Waals surface area contributed by atoms with Gasteiger partial charge in [0.05, 0.1) is 7.11 Å². The average molecular weight is 326 g/mol. The van der Waals surface area contributed by atoms with Gasteiger partial charge in [-0.1, -0.05) is 42.5 Å². The number of hydrogen-bond acceptors (Lipinski definition) is 3. The van der Waals surface area contributed by atoms with Gasteiger partial charge in [0.25, 0.3) is 0 Å². The lowest BCUT2D eigenvalue weighted by atomic mass is 10.1. The predicted molar refractivity (Wildman–Crippen MR) is 97.3 cm³/mol. The number of carbonyl (C=O) groups is 1. The minimum atomic E-state index is 0.0881. The molecule has 0 saturated carbocycles. The topological polar surface area (TPSA) is 50.4 Å². The molecular formula is C20H26N2O2. The van der Waals surface area contributed by atoms with E-state index >= 15 is 0 Å². The van der Waals surface area contributed by atoms with Crippen LogP contribution in [0, 0.1) is 0 Å². The SMILES string of the molecule is COc1cccc(CCNC(=O)CCNCCc2ccccc2)c1. The lowest BCUT2D eigenvalue weighted by Crippen LogP contribution is -2.29. The van der Waals surface area contributed by atoms with Crippen LogP contribution in [-0.4, -0.2) is 32.7 Å². The molecule has 0 aromatic heterocycles. The molecule has 0 aliphatic carbocycles. The van der Waals surface area contributed by atoms with Crippen molar-refractivity contribution in [1.29, 1.82) is 0 Å². The summed E-state index contributed by atoms with van der Waals surface area (Å²) in [5.41, 5.74) is 2.48. The van der Waals surface area contributed by atoms with Crippen LogP contribution in [0.3, 0.4) is 0 Å². The summed E-state index contributed by atoms with van der Waals surface area (Å²) in [6, 6.07) is 18.3. The van der Waals surface area contributed by atoms with Gasteiger partial charge in [-0.3, -0.25) is 4.79 Å². The van der Waals surface area contributed by atoms with Crippen LogP contribution in [0.15, 0.2) is 54.6 Å². The zero-order valence-corrected chi connectivity index (χ0v) is 14.3. The van der Waals surface area contributed by atoms with E-state index in [4.69, 9.17) is 4.74 Å². The smallest absolute Gasteiger partial charge is 0.221 e. The maximum absolute atomic E-state index is 11.8. The van der Waals surface area contributed by atoms with Crippen molar-refractivity contribution in [3.63, 3.8) is 0 Å². The van der Waals surface area contributed by atoms with Crippen molar-refractivity contribution in [3.8, 4) is 5.75 Å². The van der Waals surface area contributed by atoms with Crippen molar-refractivity contribution in [1.82, 2.24) is 10.6 Å². The third kappa shape index (κ3) is 6.84. The second-order valence-corrected chi connectivity index (χ2v) is 5.69. The Labute approximate surface area is 144 Å². The normalized spacial score (nSPS) is 10.4. The van der Waals surface area contributed by atoms with Crippen molar-refractivity contribution >= 4 is 5.91 Å². The van der Waals surface area contributed by atoms with Crippen LogP contribution in [0.2, 0.25) is 0 Å². The largest absolute Gasteiger partial charge is 0.497 e. The first-order valence-electron chi connectivity index (χ1n) is 8.42. The molecule has 128 valence electrons. The maximum atomic E-state index is 11.8. The molecule has 0 saturated heterocycles. The van der Waals surface area contributed by atoms with Crippen molar-refractivity contribution in [3.05, 3.63) is 65.7 Å². The Bertz CT molecular complexity index is 614. The second-order valence-electron chi connectivity index (χ2n) is 5.69. The number of hydrogen-bond donors (Lipinski definition) is 2. The molecule has 2 aromatic rings. The molecule has 1 amide bonds. The van der Waals surface area contributed by atoms with Gasteiger partial charge in [-0.25, -0.2) is 0 Å². The molecule has 0 bridgehead atoms. The van der Waals surface area contributed by atoms with Gasteiger partial charge in [0.15, 0.2) is 0 Å². The third-order valence-corrected chi connectivity index (χ3v) is 3.83. The molecule has 0 fully saturated rings. The highest BCUT2D eigenvalue weighted by Crippen LogP contribution is 2.12. The Morgan fingerprint density at radius 2 is 1.67 bits per heavy atom. The van der Waals surface area contributed by atoms with Crippen molar-refractivity contribution < 1.29 is 9.53 Å². The number of rotatable bonds is 10. The van der Waals surface area contributed by atoms with E-state index in [1.54, 1.807) is 7.11 Å². The Morgan fingerprint density at radius 3 is 2.46 bits per heavy atom. The Balaban J connectivity index is 1.53. The van der Waals surface area contributed by atoms with E-state index in [1.165, 1.54) is 5.56 Å². The fourth-order valence-corrected chi connectivity index (χ4v) is 2.47. The summed E-state index contributed by atoms with van der Waals surface area (Å²) in [6.45, 7) is 2.24. The van der Waals surface area contributed by atoms with Gasteiger partial charge >= 0.3 is 0 Å². The fraction of sp³-hybridized carbons (Fsp3) is 0.350. The molecule has 2 N–H and O–H groups in total. The van der Waals surface area contributed by atoms with E-state index in [-0.39, 0.29) is 5.91 Å². The quantitative estimate of drug-likeness (QED) is 0.660. The molecular weight excluding hydrogens is 300 g/mol. The third-order valence-electron chi connectivity index (χ3n) is 3.83. The van der Waals surface area contributed by atoms with Crippen LogP contribution in [-0.2, 0) is 17.6 Å². The molecule has 0 aliphatic heterocycles. The van der Waals surface area contributed by atoms with Crippen LogP contribution >= 0.6 is 0 Å². The van der Waals surface area contributed by atoms with E-state index in [0.29, 0.717) is 19.5 Å². The second kappa shape index (κ2) is 10.4. The van der Waals surface area contributed by atoms with E-state index in [1.807, 2.05) is 42.5 Å². The number of amides is 1. The van der Waals surface area contributed by atoms with Crippen LogP contribution < -0.4 is 15.4 Å². The molecule has 0 spiro atoms.